The Morgan fingerprint density at radius 1 is 0.657 bits per heavy atom. The molecule has 1 aliphatic rings. The molecule has 1 aliphatic carbocycles. The van der Waals surface area contributed by atoms with Crippen molar-refractivity contribution < 1.29 is 16.8 Å². The summed E-state index contributed by atoms with van der Waals surface area (Å²) >= 11 is 0. The van der Waals surface area contributed by atoms with Crippen molar-refractivity contribution in [1.82, 2.24) is 15.0 Å². The monoisotopic (exact) mass is 884 g/mol. The van der Waals surface area contributed by atoms with Crippen molar-refractivity contribution in [3.05, 3.63) is 208 Å². The Morgan fingerprint density at radius 2 is 1.24 bits per heavy atom. The average molecular weight is 884 g/mol. The summed E-state index contributed by atoms with van der Waals surface area (Å²) in [4.78, 5) is 14.5. The highest BCUT2D eigenvalue weighted by Gasteiger charge is 2.27. The Morgan fingerprint density at radius 3 is 1.81 bits per heavy atom. The molecule has 4 aromatic heterocycles. The summed E-state index contributed by atoms with van der Waals surface area (Å²) in [5.74, 6) is -1.27. The molecule has 9 aromatic rings. The van der Waals surface area contributed by atoms with Crippen LogP contribution in [0.1, 0.15) is 122 Å². The van der Waals surface area contributed by atoms with Gasteiger partial charge in [-0.25, -0.2) is 0 Å². The van der Waals surface area contributed by atoms with Crippen LogP contribution in [0, 0.1) is 18.2 Å². The normalized spacial score (nSPS) is 16.4. The smallest absolute Gasteiger partial charge is 0.144 e. The summed E-state index contributed by atoms with van der Waals surface area (Å²) in [6.45, 7) is 5.79. The maximum absolute atomic E-state index is 10.0. The van der Waals surface area contributed by atoms with Crippen LogP contribution in [0.2, 0.25) is 0 Å². The second-order valence-electron chi connectivity index (χ2n) is 19.1. The van der Waals surface area contributed by atoms with Gasteiger partial charge in [0.15, 0.2) is 0 Å². The first kappa shape index (κ1) is 34.2. The zero-order valence-corrected chi connectivity index (χ0v) is 38.4. The number of aromatic nitrogens is 3. The van der Waals surface area contributed by atoms with Crippen LogP contribution < -0.4 is 0 Å². The summed E-state index contributed by atoms with van der Waals surface area (Å²) in [5.41, 5.74) is 7.26. The van der Waals surface area contributed by atoms with Crippen LogP contribution in [0.4, 0.5) is 0 Å². The van der Waals surface area contributed by atoms with Gasteiger partial charge < -0.3 is 4.42 Å². The summed E-state index contributed by atoms with van der Waals surface area (Å²) in [6.07, 6.45) is 3.08. The van der Waals surface area contributed by atoms with Crippen molar-refractivity contribution in [2.24, 2.45) is 0 Å². The number of nitriles is 1. The summed E-state index contributed by atoms with van der Waals surface area (Å²) in [5, 5.41) is 10.8. The van der Waals surface area contributed by atoms with Gasteiger partial charge in [0.05, 0.1) is 30.1 Å². The Bertz CT molecular complexity index is 3560. The largest absolute Gasteiger partial charge is 0.455 e. The summed E-state index contributed by atoms with van der Waals surface area (Å²) in [6, 6.07) is 43.9. The van der Waals surface area contributed by atoms with Gasteiger partial charge in [0, 0.05) is 62.6 Å². The molecule has 67 heavy (non-hydrogen) atoms. The molecule has 5 nitrogen and oxygen atoms in total. The molecule has 5 aromatic carbocycles. The standard InChI is InChI=1S/C62H58N4O/c1-41-48(37-63)25-28-53-52-21-14-22-54(60(52)67-59(41)53)58-34-55(45-15-12-13-16-45)49(38-64-58)24-23-42-31-43(35-61(2,3)50-26-29-56(65-39-50)46-17-8-6-9-18-46)33-44(32-42)36-62(4,5)51-27-30-57(66-40-51)47-19-10-7-11-20-47/h6-11,14,17-22,25-34,38-40,45H,12-13,15-16,23-24,35-36H2,1-5H3/i1D3,23D2,24D2,25D,45D. The van der Waals surface area contributed by atoms with E-state index in [1.807, 2.05) is 91.3 Å². The third kappa shape index (κ3) is 9.06. The summed E-state index contributed by atoms with van der Waals surface area (Å²) < 4.78 is 89.8. The van der Waals surface area contributed by atoms with Gasteiger partial charge >= 0.3 is 0 Å². The van der Waals surface area contributed by atoms with Crippen LogP contribution in [0.15, 0.2) is 163 Å². The first-order chi connectivity index (χ1) is 36.0. The second kappa shape index (κ2) is 18.3. The third-order valence-corrected chi connectivity index (χ3v) is 13.4. The number of furan rings is 1. The van der Waals surface area contributed by atoms with Crippen molar-refractivity contribution in [2.45, 2.75) is 103 Å². The molecule has 0 atom stereocenters. The molecule has 0 aliphatic heterocycles. The molecule has 0 unspecified atom stereocenters. The number of fused-ring (bicyclic) bond motifs is 3. The Hall–Kier alpha value is -7.16. The number of benzene rings is 5. The van der Waals surface area contributed by atoms with Crippen molar-refractivity contribution in [3.8, 4) is 39.8 Å². The first-order valence-corrected chi connectivity index (χ1v) is 23.1. The molecule has 0 amide bonds. The van der Waals surface area contributed by atoms with E-state index in [1.54, 1.807) is 36.4 Å². The Labute approximate surface area is 408 Å². The molecule has 0 radical (unpaired) electrons. The van der Waals surface area contributed by atoms with Gasteiger partial charge in [0.2, 0.25) is 0 Å². The maximum atomic E-state index is 10.0. The lowest BCUT2D eigenvalue weighted by Crippen LogP contribution is -2.23. The third-order valence-electron chi connectivity index (χ3n) is 13.4. The van der Waals surface area contributed by atoms with Crippen molar-refractivity contribution in [3.63, 3.8) is 0 Å². The minimum Gasteiger partial charge on any atom is -0.455 e. The SMILES string of the molecule is [2H]c1cc2c(oc3c(-c4cc(C5([2H])CCCC5)c(C([2H])([2H])C([2H])([2H])c5cc(CC(C)(C)c6ccc(-c7ccccc7)nc6)cc(CC(C)(C)c6ccc(-c7ccccc7)nc6)c5)cn4)cccc32)c(C([2H])([2H])[2H])c1C#N. The van der Waals surface area contributed by atoms with E-state index in [2.05, 4.69) is 45.9 Å². The van der Waals surface area contributed by atoms with Gasteiger partial charge in [-0.2, -0.15) is 5.26 Å². The fourth-order valence-corrected chi connectivity index (χ4v) is 9.70. The highest BCUT2D eigenvalue weighted by atomic mass is 16.3. The highest BCUT2D eigenvalue weighted by molar-refractivity contribution is 6.10. The van der Waals surface area contributed by atoms with Crippen LogP contribution in [0.5, 0.6) is 0 Å². The molecule has 0 saturated heterocycles. The van der Waals surface area contributed by atoms with Crippen LogP contribution in [-0.4, -0.2) is 15.0 Å². The fraction of sp³-hybridized carbons (Fsp3) is 0.258. The fourth-order valence-electron chi connectivity index (χ4n) is 9.70. The lowest BCUT2D eigenvalue weighted by atomic mass is 9.77. The molecule has 4 heterocycles. The molecule has 0 bridgehead atoms. The minimum absolute atomic E-state index is 0.0288. The predicted molar refractivity (Wildman–Crippen MR) is 274 cm³/mol. The van der Waals surface area contributed by atoms with Crippen molar-refractivity contribution in [2.75, 3.05) is 0 Å². The average Bonchev–Trinajstić information content (AvgIpc) is 4.08. The van der Waals surface area contributed by atoms with Crippen LogP contribution in [0.25, 0.3) is 55.7 Å². The molecule has 1 saturated carbocycles. The number of rotatable bonds is 13. The van der Waals surface area contributed by atoms with E-state index in [-0.39, 0.29) is 39.5 Å². The number of nitrogens with zero attached hydrogens (tertiary/aromatic N) is 4. The molecule has 10 rings (SSSR count). The highest BCUT2D eigenvalue weighted by Crippen LogP contribution is 2.41. The van der Waals surface area contributed by atoms with Gasteiger partial charge in [-0.15, -0.1) is 0 Å². The Kier molecular flexibility index (Phi) is 9.32. The van der Waals surface area contributed by atoms with E-state index < -0.39 is 36.3 Å². The molecule has 0 N–H and O–H groups in total. The van der Waals surface area contributed by atoms with E-state index in [0.717, 1.165) is 57.6 Å². The van der Waals surface area contributed by atoms with Crippen molar-refractivity contribution >= 4 is 21.9 Å². The first-order valence-electron chi connectivity index (χ1n) is 27.6. The quantitative estimate of drug-likeness (QED) is 0.115. The van der Waals surface area contributed by atoms with E-state index in [0.29, 0.717) is 53.3 Å². The summed E-state index contributed by atoms with van der Waals surface area (Å²) in [7, 11) is 0. The number of hydrogen-bond acceptors (Lipinski definition) is 5. The van der Waals surface area contributed by atoms with Gasteiger partial charge in [0.25, 0.3) is 0 Å². The molecule has 1 fully saturated rings. The van der Waals surface area contributed by atoms with E-state index in [4.69, 9.17) is 24.9 Å². The van der Waals surface area contributed by atoms with Gasteiger partial charge in [0.1, 0.15) is 11.2 Å². The molecule has 0 spiro atoms. The molecule has 332 valence electrons. The number of hydrogen-bond donors (Lipinski definition) is 0. The zero-order valence-electron chi connectivity index (χ0n) is 47.4. The lowest BCUT2D eigenvalue weighted by Gasteiger charge is -2.28. The van der Waals surface area contributed by atoms with Crippen LogP contribution in [0.3, 0.4) is 0 Å². The Balaban J connectivity index is 1.07. The zero-order chi connectivity index (χ0) is 54.0. The number of para-hydroxylation sites is 1. The molecular formula is C62H58N4O. The topological polar surface area (TPSA) is 75.6 Å². The minimum atomic E-state index is -2.77. The van der Waals surface area contributed by atoms with Crippen molar-refractivity contribution in [1.29, 1.82) is 5.26 Å². The van der Waals surface area contributed by atoms with Crippen LogP contribution in [-0.2, 0) is 36.4 Å². The second-order valence-corrected chi connectivity index (χ2v) is 19.1. The predicted octanol–water partition coefficient (Wildman–Crippen LogP) is 15.4. The van der Waals surface area contributed by atoms with Gasteiger partial charge in [-0.1, -0.05) is 144 Å². The van der Waals surface area contributed by atoms with E-state index >= 15 is 0 Å². The van der Waals surface area contributed by atoms with E-state index in [9.17, 15) is 12.1 Å². The lowest BCUT2D eigenvalue weighted by molar-refractivity contribution is 0.512. The maximum Gasteiger partial charge on any atom is 0.144 e. The van der Waals surface area contributed by atoms with Crippen LogP contribution >= 0.6 is 0 Å². The van der Waals surface area contributed by atoms with Gasteiger partial charge in [-0.05, 0) is 137 Å². The molecular weight excluding hydrogens is 817 g/mol. The van der Waals surface area contributed by atoms with E-state index in [1.165, 1.54) is 12.3 Å². The molecule has 5 heteroatoms. The van der Waals surface area contributed by atoms with Gasteiger partial charge in [-0.3, -0.25) is 15.0 Å². The number of pyridine rings is 3. The number of aryl methyl sites for hydroxylation is 3.